The highest BCUT2D eigenvalue weighted by Gasteiger charge is 2.19. The van der Waals surface area contributed by atoms with Crippen molar-refractivity contribution in [2.24, 2.45) is 0 Å². The maximum absolute atomic E-state index is 10.4. The van der Waals surface area contributed by atoms with Gasteiger partial charge >= 0.3 is 0 Å². The van der Waals surface area contributed by atoms with E-state index in [4.69, 9.17) is 0 Å². The lowest BCUT2D eigenvalue weighted by atomic mass is 9.89. The second kappa shape index (κ2) is 4.71. The Morgan fingerprint density at radius 2 is 1.30 bits per heavy atom. The van der Waals surface area contributed by atoms with Gasteiger partial charge in [0, 0.05) is 0 Å². The van der Waals surface area contributed by atoms with Crippen molar-refractivity contribution in [1.82, 2.24) is 0 Å². The first-order valence-corrected chi connectivity index (χ1v) is 7.75. The average Bonchev–Trinajstić information content (AvgIpc) is 2.52. The molecular formula is C21H18O2. The number of benzene rings is 4. The van der Waals surface area contributed by atoms with Crippen LogP contribution in [0.4, 0.5) is 0 Å². The third-order valence-corrected chi connectivity index (χ3v) is 4.52. The summed E-state index contributed by atoms with van der Waals surface area (Å²) in [7, 11) is 0. The Morgan fingerprint density at radius 1 is 0.696 bits per heavy atom. The number of phenols is 1. The fourth-order valence-electron chi connectivity index (χ4n) is 3.43. The summed E-state index contributed by atoms with van der Waals surface area (Å²) in [6.07, 6.45) is 0. The standard InChI is InChI=1S/C21H18O2/c1-21(2,23)20-5-3-4-15-16-9-7-13-6-8-14(22)12-19(13)17(16)10-11-18(15)20/h3-12,22-23H,1-2H3. The Hall–Kier alpha value is -2.58. The maximum atomic E-state index is 10.4. The molecule has 0 aliphatic carbocycles. The fraction of sp³-hybridized carbons (Fsp3) is 0.143. The van der Waals surface area contributed by atoms with Gasteiger partial charge in [0.1, 0.15) is 5.75 Å². The highest BCUT2D eigenvalue weighted by molar-refractivity contribution is 6.17. The van der Waals surface area contributed by atoms with E-state index in [1.54, 1.807) is 6.07 Å². The summed E-state index contributed by atoms with van der Waals surface area (Å²) < 4.78 is 0. The van der Waals surface area contributed by atoms with Gasteiger partial charge in [-0.15, -0.1) is 0 Å². The maximum Gasteiger partial charge on any atom is 0.116 e. The molecule has 2 N–H and O–H groups in total. The molecule has 0 amide bonds. The van der Waals surface area contributed by atoms with Crippen molar-refractivity contribution in [3.63, 3.8) is 0 Å². The van der Waals surface area contributed by atoms with Crippen molar-refractivity contribution in [3.05, 3.63) is 66.2 Å². The van der Waals surface area contributed by atoms with E-state index >= 15 is 0 Å². The van der Waals surface area contributed by atoms with Gasteiger partial charge in [-0.3, -0.25) is 0 Å². The molecule has 4 rings (SSSR count). The van der Waals surface area contributed by atoms with Gasteiger partial charge in [-0.2, -0.15) is 0 Å². The van der Waals surface area contributed by atoms with Gasteiger partial charge in [0.25, 0.3) is 0 Å². The predicted octanol–water partition coefficient (Wildman–Crippen LogP) is 5.08. The molecule has 0 aliphatic heterocycles. The van der Waals surface area contributed by atoms with Crippen molar-refractivity contribution in [3.8, 4) is 5.75 Å². The van der Waals surface area contributed by atoms with Gasteiger partial charge in [-0.1, -0.05) is 48.5 Å². The number of hydrogen-bond acceptors (Lipinski definition) is 2. The number of hydrogen-bond donors (Lipinski definition) is 2. The molecule has 0 aliphatic rings. The van der Waals surface area contributed by atoms with E-state index in [2.05, 4.69) is 30.3 Å². The summed E-state index contributed by atoms with van der Waals surface area (Å²) >= 11 is 0. The van der Waals surface area contributed by atoms with Crippen LogP contribution in [0.15, 0.2) is 60.7 Å². The molecule has 2 nitrogen and oxygen atoms in total. The van der Waals surface area contributed by atoms with Crippen LogP contribution in [0.1, 0.15) is 19.4 Å². The number of phenolic OH excluding ortho intramolecular Hbond substituents is 1. The number of aliphatic hydroxyl groups is 1. The Kier molecular flexibility index (Phi) is 2.87. The van der Waals surface area contributed by atoms with E-state index in [1.807, 2.05) is 38.1 Å². The zero-order valence-electron chi connectivity index (χ0n) is 13.2. The summed E-state index contributed by atoms with van der Waals surface area (Å²) in [6, 6.07) is 19.8. The molecule has 4 aromatic carbocycles. The molecule has 23 heavy (non-hydrogen) atoms. The van der Waals surface area contributed by atoms with Crippen LogP contribution >= 0.6 is 0 Å². The summed E-state index contributed by atoms with van der Waals surface area (Å²) in [6.45, 7) is 3.62. The lowest BCUT2D eigenvalue weighted by Crippen LogP contribution is -2.15. The Labute approximate surface area is 134 Å². The topological polar surface area (TPSA) is 40.5 Å². The molecule has 0 radical (unpaired) electrons. The average molecular weight is 302 g/mol. The molecule has 4 aromatic rings. The van der Waals surface area contributed by atoms with E-state index in [0.717, 1.165) is 37.9 Å². The zero-order chi connectivity index (χ0) is 16.2. The molecule has 0 saturated heterocycles. The van der Waals surface area contributed by atoms with Crippen molar-refractivity contribution in [1.29, 1.82) is 0 Å². The quantitative estimate of drug-likeness (QED) is 0.481. The van der Waals surface area contributed by atoms with Crippen LogP contribution in [0.5, 0.6) is 5.75 Å². The number of rotatable bonds is 1. The van der Waals surface area contributed by atoms with Crippen molar-refractivity contribution in [2.75, 3.05) is 0 Å². The molecule has 0 heterocycles. The van der Waals surface area contributed by atoms with Gasteiger partial charge in [-0.25, -0.2) is 0 Å². The van der Waals surface area contributed by atoms with Crippen molar-refractivity contribution < 1.29 is 10.2 Å². The molecule has 0 unspecified atom stereocenters. The van der Waals surface area contributed by atoms with Crippen molar-refractivity contribution in [2.45, 2.75) is 19.4 Å². The molecule has 0 aromatic heterocycles. The second-order valence-electron chi connectivity index (χ2n) is 6.59. The van der Waals surface area contributed by atoms with Crippen LogP contribution in [0.25, 0.3) is 32.3 Å². The zero-order valence-corrected chi connectivity index (χ0v) is 13.2. The predicted molar refractivity (Wildman–Crippen MR) is 95.9 cm³/mol. The Balaban J connectivity index is 2.18. The lowest BCUT2D eigenvalue weighted by Gasteiger charge is -2.21. The van der Waals surface area contributed by atoms with E-state index in [0.29, 0.717) is 0 Å². The Bertz CT molecular complexity index is 1060. The van der Waals surface area contributed by atoms with Gasteiger partial charge in [-0.05, 0) is 63.9 Å². The van der Waals surface area contributed by atoms with Gasteiger partial charge in [0.15, 0.2) is 0 Å². The highest BCUT2D eigenvalue weighted by Crippen LogP contribution is 2.36. The van der Waals surface area contributed by atoms with Gasteiger partial charge < -0.3 is 10.2 Å². The largest absolute Gasteiger partial charge is 0.508 e. The lowest BCUT2D eigenvalue weighted by molar-refractivity contribution is 0.0802. The van der Waals surface area contributed by atoms with E-state index < -0.39 is 5.60 Å². The molecule has 114 valence electrons. The van der Waals surface area contributed by atoms with Crippen LogP contribution in [0.3, 0.4) is 0 Å². The monoisotopic (exact) mass is 302 g/mol. The minimum atomic E-state index is -0.887. The molecule has 0 atom stereocenters. The summed E-state index contributed by atoms with van der Waals surface area (Å²) in [5.74, 6) is 0.273. The SMILES string of the molecule is CC(C)(O)c1cccc2c1ccc1c3cc(O)ccc3ccc21. The smallest absolute Gasteiger partial charge is 0.116 e. The third kappa shape index (κ3) is 2.14. The normalized spacial score (nSPS) is 12.3. The molecule has 0 fully saturated rings. The van der Waals surface area contributed by atoms with E-state index in [-0.39, 0.29) is 5.75 Å². The van der Waals surface area contributed by atoms with Crippen LogP contribution in [0, 0.1) is 0 Å². The van der Waals surface area contributed by atoms with Crippen LogP contribution in [0.2, 0.25) is 0 Å². The van der Waals surface area contributed by atoms with Gasteiger partial charge in [0.05, 0.1) is 5.60 Å². The second-order valence-corrected chi connectivity index (χ2v) is 6.59. The first kappa shape index (κ1) is 14.0. The minimum absolute atomic E-state index is 0.273. The van der Waals surface area contributed by atoms with E-state index in [9.17, 15) is 10.2 Å². The molecule has 0 saturated carbocycles. The van der Waals surface area contributed by atoms with Crippen LogP contribution in [-0.2, 0) is 5.60 Å². The fourth-order valence-corrected chi connectivity index (χ4v) is 3.43. The molecule has 0 spiro atoms. The first-order chi connectivity index (χ1) is 10.9. The molecule has 0 bridgehead atoms. The van der Waals surface area contributed by atoms with Crippen molar-refractivity contribution >= 4 is 32.3 Å². The number of aromatic hydroxyl groups is 1. The summed E-state index contributed by atoms with van der Waals surface area (Å²) in [4.78, 5) is 0. The van der Waals surface area contributed by atoms with Gasteiger partial charge in [0.2, 0.25) is 0 Å². The van der Waals surface area contributed by atoms with Crippen LogP contribution < -0.4 is 0 Å². The summed E-state index contributed by atoms with van der Waals surface area (Å²) in [5.41, 5.74) is 0.0374. The first-order valence-electron chi connectivity index (χ1n) is 7.75. The minimum Gasteiger partial charge on any atom is -0.508 e. The van der Waals surface area contributed by atoms with E-state index in [1.165, 1.54) is 0 Å². The number of fused-ring (bicyclic) bond motifs is 5. The summed E-state index contributed by atoms with van der Waals surface area (Å²) in [5, 5.41) is 26.8. The Morgan fingerprint density at radius 3 is 2.09 bits per heavy atom. The van der Waals surface area contributed by atoms with Crippen LogP contribution in [-0.4, -0.2) is 10.2 Å². The highest BCUT2D eigenvalue weighted by atomic mass is 16.3. The third-order valence-electron chi connectivity index (χ3n) is 4.52. The molecule has 2 heteroatoms. The molecular weight excluding hydrogens is 284 g/mol.